The summed E-state index contributed by atoms with van der Waals surface area (Å²) in [4.78, 5) is 2.61. The second-order valence-corrected chi connectivity index (χ2v) is 1.96. The van der Waals surface area contributed by atoms with Gasteiger partial charge in [-0.05, 0) is 23.6 Å². The van der Waals surface area contributed by atoms with Gasteiger partial charge in [0.15, 0.2) is 0 Å². The third-order valence-electron chi connectivity index (χ3n) is 1.25. The quantitative estimate of drug-likeness (QED) is 0.330. The number of rotatable bonds is 1. The number of hydrogen-bond donors (Lipinski definition) is 0. The fourth-order valence-electron chi connectivity index (χ4n) is 0.636. The van der Waals surface area contributed by atoms with E-state index < -0.39 is 0 Å². The number of aryl methyl sites for hydroxylation is 2. The zero-order valence-electron chi connectivity index (χ0n) is 5.81. The van der Waals surface area contributed by atoms with E-state index in [0.29, 0.717) is 5.82 Å². The largest absolute Gasteiger partial charge is 0.272 e. The van der Waals surface area contributed by atoms with Gasteiger partial charge in [-0.1, -0.05) is 0 Å². The van der Waals surface area contributed by atoms with Crippen LogP contribution in [0.15, 0.2) is 11.2 Å². The molecule has 0 aliphatic heterocycles. The first kappa shape index (κ1) is 6.64. The second kappa shape index (κ2) is 2.41. The van der Waals surface area contributed by atoms with Crippen molar-refractivity contribution in [3.05, 3.63) is 22.2 Å². The molecule has 0 unspecified atom stereocenters. The van der Waals surface area contributed by atoms with Crippen LogP contribution in [-0.2, 0) is 7.05 Å². The normalized spacial score (nSPS) is 9.00. The Morgan fingerprint density at radius 2 is 2.50 bits per heavy atom. The smallest absolute Gasteiger partial charge is 0.149 e. The molecule has 0 N–H and O–H groups in total. The fraction of sp³-hybridized carbons (Fsp3) is 0.400. The van der Waals surface area contributed by atoms with Crippen LogP contribution in [0.4, 0.5) is 5.82 Å². The Morgan fingerprint density at radius 1 is 1.80 bits per heavy atom. The highest BCUT2D eigenvalue weighted by molar-refractivity contribution is 5.27. The molecule has 0 atom stereocenters. The maximum absolute atomic E-state index is 8.03. The van der Waals surface area contributed by atoms with E-state index in [1.54, 1.807) is 17.8 Å². The molecule has 1 aromatic rings. The van der Waals surface area contributed by atoms with Gasteiger partial charge < -0.3 is 0 Å². The van der Waals surface area contributed by atoms with Crippen LogP contribution in [0.5, 0.6) is 0 Å². The minimum absolute atomic E-state index is 0.419. The average molecular weight is 137 g/mol. The Hall–Kier alpha value is -1.48. The van der Waals surface area contributed by atoms with E-state index in [4.69, 9.17) is 5.53 Å². The highest BCUT2D eigenvalue weighted by Gasteiger charge is 1.95. The van der Waals surface area contributed by atoms with Crippen LogP contribution in [-0.4, -0.2) is 9.78 Å². The molecule has 0 saturated carbocycles. The maximum atomic E-state index is 8.03. The van der Waals surface area contributed by atoms with Crippen LogP contribution < -0.4 is 0 Å². The highest BCUT2D eigenvalue weighted by atomic mass is 15.3. The molecule has 52 valence electrons. The van der Waals surface area contributed by atoms with E-state index in [1.807, 2.05) is 6.92 Å². The van der Waals surface area contributed by atoms with Gasteiger partial charge in [-0.15, -0.1) is 0 Å². The molecule has 0 fully saturated rings. The van der Waals surface area contributed by atoms with Crippen LogP contribution >= 0.6 is 0 Å². The minimum Gasteiger partial charge on any atom is -0.272 e. The summed E-state index contributed by atoms with van der Waals surface area (Å²) in [5, 5.41) is 7.23. The molecule has 5 nitrogen and oxygen atoms in total. The Morgan fingerprint density at radius 3 is 2.90 bits per heavy atom. The third-order valence-corrected chi connectivity index (χ3v) is 1.25. The molecule has 1 heterocycles. The number of nitrogens with zero attached hydrogens (tertiary/aromatic N) is 5. The third kappa shape index (κ3) is 1.09. The standard InChI is InChI=1S/C5H7N5/c1-4-3-5(7-9-6)8-10(4)2/h3H,1-2H3. The van der Waals surface area contributed by atoms with E-state index in [1.165, 1.54) is 0 Å². The summed E-state index contributed by atoms with van der Waals surface area (Å²) >= 11 is 0. The van der Waals surface area contributed by atoms with Gasteiger partial charge in [0.25, 0.3) is 0 Å². The first-order valence-electron chi connectivity index (χ1n) is 2.80. The van der Waals surface area contributed by atoms with Crippen LogP contribution in [0.25, 0.3) is 10.4 Å². The van der Waals surface area contributed by atoms with Crippen molar-refractivity contribution in [1.82, 2.24) is 9.78 Å². The zero-order chi connectivity index (χ0) is 7.56. The summed E-state index contributed by atoms with van der Waals surface area (Å²) in [6.45, 7) is 1.89. The van der Waals surface area contributed by atoms with E-state index in [-0.39, 0.29) is 0 Å². The lowest BCUT2D eigenvalue weighted by atomic mass is 10.5. The minimum atomic E-state index is 0.419. The van der Waals surface area contributed by atoms with E-state index in [2.05, 4.69) is 15.1 Å². The lowest BCUT2D eigenvalue weighted by Crippen LogP contribution is -1.90. The molecular formula is C5H7N5. The van der Waals surface area contributed by atoms with Crippen molar-refractivity contribution in [2.24, 2.45) is 12.2 Å². The van der Waals surface area contributed by atoms with Crippen molar-refractivity contribution >= 4 is 5.82 Å². The van der Waals surface area contributed by atoms with Crippen molar-refractivity contribution in [2.75, 3.05) is 0 Å². The Labute approximate surface area is 57.9 Å². The number of aromatic nitrogens is 2. The molecule has 0 spiro atoms. The molecule has 0 saturated heterocycles. The summed E-state index contributed by atoms with van der Waals surface area (Å²) in [5.74, 6) is 0.419. The molecule has 5 heteroatoms. The molecule has 0 amide bonds. The first-order chi connectivity index (χ1) is 4.74. The summed E-state index contributed by atoms with van der Waals surface area (Å²) in [7, 11) is 1.80. The molecule has 0 radical (unpaired) electrons. The van der Waals surface area contributed by atoms with Gasteiger partial charge in [0.05, 0.1) is 0 Å². The Kier molecular flexibility index (Phi) is 1.60. The summed E-state index contributed by atoms with van der Waals surface area (Å²) < 4.78 is 1.66. The lowest BCUT2D eigenvalue weighted by Gasteiger charge is -1.87. The molecule has 0 aliphatic carbocycles. The Balaban J connectivity index is 3.09. The van der Waals surface area contributed by atoms with Crippen LogP contribution in [0.3, 0.4) is 0 Å². The van der Waals surface area contributed by atoms with Crippen LogP contribution in [0.2, 0.25) is 0 Å². The number of azide groups is 1. The maximum Gasteiger partial charge on any atom is 0.149 e. The predicted molar refractivity (Wildman–Crippen MR) is 36.8 cm³/mol. The average Bonchev–Trinajstić information content (AvgIpc) is 2.14. The topological polar surface area (TPSA) is 66.6 Å². The monoisotopic (exact) mass is 137 g/mol. The number of hydrogen-bond acceptors (Lipinski definition) is 2. The SMILES string of the molecule is Cc1cc(N=[N+]=[N-])nn1C. The second-order valence-electron chi connectivity index (χ2n) is 1.96. The Bertz CT molecular complexity index is 261. The predicted octanol–water partition coefficient (Wildman–Crippen LogP) is 1.67. The van der Waals surface area contributed by atoms with E-state index >= 15 is 0 Å². The molecular weight excluding hydrogens is 130 g/mol. The summed E-state index contributed by atoms with van der Waals surface area (Å²) in [6, 6.07) is 1.72. The highest BCUT2D eigenvalue weighted by Crippen LogP contribution is 2.09. The van der Waals surface area contributed by atoms with Gasteiger partial charge in [0.2, 0.25) is 0 Å². The van der Waals surface area contributed by atoms with Gasteiger partial charge in [0, 0.05) is 17.7 Å². The van der Waals surface area contributed by atoms with Gasteiger partial charge in [-0.25, -0.2) is 0 Å². The first-order valence-corrected chi connectivity index (χ1v) is 2.80. The zero-order valence-corrected chi connectivity index (χ0v) is 5.81. The lowest BCUT2D eigenvalue weighted by molar-refractivity contribution is 0.741. The van der Waals surface area contributed by atoms with E-state index in [0.717, 1.165) is 5.69 Å². The molecule has 0 aromatic carbocycles. The van der Waals surface area contributed by atoms with Crippen LogP contribution in [0, 0.1) is 6.92 Å². The van der Waals surface area contributed by atoms with Crippen molar-refractivity contribution in [3.63, 3.8) is 0 Å². The molecule has 1 aromatic heterocycles. The van der Waals surface area contributed by atoms with Crippen molar-refractivity contribution in [3.8, 4) is 0 Å². The molecule has 0 bridgehead atoms. The van der Waals surface area contributed by atoms with Gasteiger partial charge in [0.1, 0.15) is 5.82 Å². The van der Waals surface area contributed by atoms with Crippen molar-refractivity contribution < 1.29 is 0 Å². The summed E-state index contributed by atoms with van der Waals surface area (Å²) in [6.07, 6.45) is 0. The van der Waals surface area contributed by atoms with Gasteiger partial charge >= 0.3 is 0 Å². The van der Waals surface area contributed by atoms with Crippen LogP contribution in [0.1, 0.15) is 5.69 Å². The molecule has 10 heavy (non-hydrogen) atoms. The molecule has 1 rings (SSSR count). The summed E-state index contributed by atoms with van der Waals surface area (Å²) in [5.41, 5.74) is 9.00. The van der Waals surface area contributed by atoms with Crippen molar-refractivity contribution in [1.29, 1.82) is 0 Å². The van der Waals surface area contributed by atoms with Gasteiger partial charge in [-0.3, -0.25) is 4.68 Å². The fourth-order valence-corrected chi connectivity index (χ4v) is 0.636. The van der Waals surface area contributed by atoms with E-state index in [9.17, 15) is 0 Å². The van der Waals surface area contributed by atoms with Gasteiger partial charge in [-0.2, -0.15) is 5.10 Å². The van der Waals surface area contributed by atoms with Crippen molar-refractivity contribution in [2.45, 2.75) is 6.92 Å². The molecule has 0 aliphatic rings.